The Morgan fingerprint density at radius 2 is 1.92 bits per heavy atom. The van der Waals surface area contributed by atoms with Gasteiger partial charge in [-0.05, 0) is 54.2 Å². The quantitative estimate of drug-likeness (QED) is 0.595. The molecule has 0 spiro atoms. The van der Waals surface area contributed by atoms with Crippen molar-refractivity contribution >= 4 is 46.2 Å². The topological polar surface area (TPSA) is 41.0 Å². The van der Waals surface area contributed by atoms with Crippen molar-refractivity contribution in [1.29, 1.82) is 0 Å². The van der Waals surface area contributed by atoms with Crippen molar-refractivity contribution in [3.05, 3.63) is 88.4 Å². The number of anilines is 1. The summed E-state index contributed by atoms with van der Waals surface area (Å²) >= 11 is 17.9. The zero-order valence-corrected chi connectivity index (χ0v) is 16.1. The van der Waals surface area contributed by atoms with Gasteiger partial charge in [0.1, 0.15) is 0 Å². The van der Waals surface area contributed by atoms with Gasteiger partial charge in [0.25, 0.3) is 0 Å². The molecule has 0 atom stereocenters. The highest BCUT2D eigenvalue weighted by Crippen LogP contribution is 2.26. The Bertz CT molecular complexity index is 834. The molecule has 0 saturated heterocycles. The fraction of sp³-hybridized carbons (Fsp3) is 0.105. The fourth-order valence-corrected chi connectivity index (χ4v) is 2.96. The standard InChI is InChI=1S/C19H16Cl2N4S/c20-15-6-7-17(21)18(10-15)24-19(26)25(12-14-4-3-8-22-11-14)13-16-5-1-2-9-23-16/h1-11H,12-13H2,(H,24,26). The zero-order chi connectivity index (χ0) is 18.4. The summed E-state index contributed by atoms with van der Waals surface area (Å²) in [6.45, 7) is 1.15. The number of rotatable bonds is 5. The van der Waals surface area contributed by atoms with E-state index in [-0.39, 0.29) is 0 Å². The number of halogens is 2. The summed E-state index contributed by atoms with van der Waals surface area (Å²) in [5.41, 5.74) is 2.63. The van der Waals surface area contributed by atoms with Crippen LogP contribution in [0.25, 0.3) is 0 Å². The summed E-state index contributed by atoms with van der Waals surface area (Å²) < 4.78 is 0. The first-order valence-corrected chi connectivity index (χ1v) is 9.08. The SMILES string of the molecule is S=C(Nc1cc(Cl)ccc1Cl)N(Cc1cccnc1)Cc1ccccn1. The molecule has 0 saturated carbocycles. The first-order valence-electron chi connectivity index (χ1n) is 7.91. The van der Waals surface area contributed by atoms with Crippen LogP contribution in [0, 0.1) is 0 Å². The molecule has 132 valence electrons. The van der Waals surface area contributed by atoms with Crippen molar-refractivity contribution in [2.45, 2.75) is 13.1 Å². The molecule has 1 aromatic carbocycles. The van der Waals surface area contributed by atoms with Crippen LogP contribution in [-0.2, 0) is 13.1 Å². The molecule has 0 radical (unpaired) electrons. The number of aromatic nitrogens is 2. The van der Waals surface area contributed by atoms with Crippen LogP contribution in [0.3, 0.4) is 0 Å². The number of thiocarbonyl (C=S) groups is 1. The van der Waals surface area contributed by atoms with Gasteiger partial charge in [0, 0.05) is 30.2 Å². The molecule has 4 nitrogen and oxygen atoms in total. The van der Waals surface area contributed by atoms with Crippen molar-refractivity contribution in [3.63, 3.8) is 0 Å². The van der Waals surface area contributed by atoms with Crippen molar-refractivity contribution in [2.24, 2.45) is 0 Å². The van der Waals surface area contributed by atoms with Gasteiger partial charge < -0.3 is 10.2 Å². The van der Waals surface area contributed by atoms with E-state index >= 15 is 0 Å². The van der Waals surface area contributed by atoms with E-state index in [4.69, 9.17) is 35.4 Å². The average molecular weight is 403 g/mol. The number of nitrogens with zero attached hydrogens (tertiary/aromatic N) is 3. The molecule has 2 heterocycles. The van der Waals surface area contributed by atoms with E-state index in [1.165, 1.54) is 0 Å². The minimum absolute atomic E-state index is 0.531. The molecule has 26 heavy (non-hydrogen) atoms. The Hall–Kier alpha value is -2.21. The van der Waals surface area contributed by atoms with Crippen LogP contribution in [0.15, 0.2) is 67.1 Å². The molecule has 1 N–H and O–H groups in total. The summed E-state index contributed by atoms with van der Waals surface area (Å²) in [5.74, 6) is 0. The lowest BCUT2D eigenvalue weighted by molar-refractivity contribution is 0.407. The Balaban J connectivity index is 1.81. The van der Waals surface area contributed by atoms with E-state index in [0.29, 0.717) is 33.9 Å². The maximum absolute atomic E-state index is 6.24. The highest BCUT2D eigenvalue weighted by Gasteiger charge is 2.14. The van der Waals surface area contributed by atoms with Crippen LogP contribution < -0.4 is 5.32 Å². The first-order chi connectivity index (χ1) is 12.6. The predicted molar refractivity (Wildman–Crippen MR) is 110 cm³/mol. The van der Waals surface area contributed by atoms with Crippen LogP contribution in [0.4, 0.5) is 5.69 Å². The molecule has 0 fully saturated rings. The minimum Gasteiger partial charge on any atom is -0.339 e. The molecule has 0 aliphatic rings. The third-order valence-corrected chi connectivity index (χ3v) is 4.56. The zero-order valence-electron chi connectivity index (χ0n) is 13.8. The highest BCUT2D eigenvalue weighted by molar-refractivity contribution is 7.80. The molecule has 2 aromatic heterocycles. The van der Waals surface area contributed by atoms with Gasteiger partial charge in [-0.2, -0.15) is 0 Å². The van der Waals surface area contributed by atoms with E-state index < -0.39 is 0 Å². The molecular weight excluding hydrogens is 387 g/mol. The molecular formula is C19H16Cl2N4S. The molecule has 0 amide bonds. The smallest absolute Gasteiger partial charge is 0.174 e. The molecule has 0 aliphatic heterocycles. The van der Waals surface area contributed by atoms with E-state index in [9.17, 15) is 0 Å². The van der Waals surface area contributed by atoms with Crippen LogP contribution in [0.1, 0.15) is 11.3 Å². The fourth-order valence-electron chi connectivity index (χ4n) is 2.39. The second kappa shape index (κ2) is 8.94. The van der Waals surface area contributed by atoms with Crippen LogP contribution >= 0.6 is 35.4 Å². The van der Waals surface area contributed by atoms with E-state index in [1.807, 2.05) is 41.4 Å². The molecule has 0 unspecified atom stereocenters. The summed E-state index contributed by atoms with van der Waals surface area (Å²) in [6, 6.07) is 14.9. The van der Waals surface area contributed by atoms with Gasteiger partial charge in [0.15, 0.2) is 5.11 Å². The van der Waals surface area contributed by atoms with Crippen molar-refractivity contribution in [1.82, 2.24) is 14.9 Å². The Morgan fingerprint density at radius 1 is 1.04 bits per heavy atom. The molecule has 3 rings (SSSR count). The first kappa shape index (κ1) is 18.6. The monoisotopic (exact) mass is 402 g/mol. The normalized spacial score (nSPS) is 10.4. The van der Waals surface area contributed by atoms with Crippen LogP contribution in [-0.4, -0.2) is 20.0 Å². The maximum Gasteiger partial charge on any atom is 0.174 e. The third-order valence-electron chi connectivity index (χ3n) is 3.63. The Labute approximate surface area is 167 Å². The molecule has 0 bridgehead atoms. The number of nitrogens with one attached hydrogen (secondary N) is 1. The van der Waals surface area contributed by atoms with E-state index in [1.54, 1.807) is 30.6 Å². The van der Waals surface area contributed by atoms with Gasteiger partial charge >= 0.3 is 0 Å². The highest BCUT2D eigenvalue weighted by atomic mass is 35.5. The van der Waals surface area contributed by atoms with Gasteiger partial charge in [-0.15, -0.1) is 0 Å². The van der Waals surface area contributed by atoms with Gasteiger partial charge in [0.05, 0.1) is 22.9 Å². The van der Waals surface area contributed by atoms with Gasteiger partial charge in [-0.3, -0.25) is 9.97 Å². The number of hydrogen-bond donors (Lipinski definition) is 1. The van der Waals surface area contributed by atoms with Gasteiger partial charge in [0.2, 0.25) is 0 Å². The van der Waals surface area contributed by atoms with Gasteiger partial charge in [-0.1, -0.05) is 35.3 Å². The minimum atomic E-state index is 0.531. The number of hydrogen-bond acceptors (Lipinski definition) is 3. The summed E-state index contributed by atoms with van der Waals surface area (Å²) in [5, 5.41) is 4.85. The van der Waals surface area contributed by atoms with E-state index in [0.717, 1.165) is 11.3 Å². The molecule has 7 heteroatoms. The predicted octanol–water partition coefficient (Wildman–Crippen LogP) is 5.18. The van der Waals surface area contributed by atoms with Crippen LogP contribution in [0.5, 0.6) is 0 Å². The lowest BCUT2D eigenvalue weighted by atomic mass is 10.2. The summed E-state index contributed by atoms with van der Waals surface area (Å²) in [4.78, 5) is 10.6. The molecule has 0 aliphatic carbocycles. The second-order valence-electron chi connectivity index (χ2n) is 5.59. The van der Waals surface area contributed by atoms with Crippen molar-refractivity contribution in [2.75, 3.05) is 5.32 Å². The van der Waals surface area contributed by atoms with Crippen molar-refractivity contribution in [3.8, 4) is 0 Å². The maximum atomic E-state index is 6.24. The van der Waals surface area contributed by atoms with E-state index in [2.05, 4.69) is 15.3 Å². The lowest BCUT2D eigenvalue weighted by Gasteiger charge is -2.26. The summed E-state index contributed by atoms with van der Waals surface area (Å²) in [6.07, 6.45) is 5.33. The number of benzene rings is 1. The number of pyridine rings is 2. The molecule has 3 aromatic rings. The second-order valence-corrected chi connectivity index (χ2v) is 6.82. The average Bonchev–Trinajstić information content (AvgIpc) is 2.66. The largest absolute Gasteiger partial charge is 0.339 e. The third kappa shape index (κ3) is 5.14. The van der Waals surface area contributed by atoms with Gasteiger partial charge in [-0.25, -0.2) is 0 Å². The Kier molecular flexibility index (Phi) is 6.39. The Morgan fingerprint density at radius 3 is 2.65 bits per heavy atom. The van der Waals surface area contributed by atoms with Crippen molar-refractivity contribution < 1.29 is 0 Å². The lowest BCUT2D eigenvalue weighted by Crippen LogP contribution is -2.34. The summed E-state index contributed by atoms with van der Waals surface area (Å²) in [7, 11) is 0. The van der Waals surface area contributed by atoms with Crippen LogP contribution in [0.2, 0.25) is 10.0 Å².